The maximum atomic E-state index is 12.8. The molecule has 1 heterocycles. The number of rotatable bonds is 6. The zero-order valence-corrected chi connectivity index (χ0v) is 16.7. The minimum Gasteiger partial charge on any atom is -0.465 e. The van der Waals surface area contributed by atoms with Crippen molar-refractivity contribution in [2.45, 2.75) is 11.4 Å². The van der Waals surface area contributed by atoms with Crippen LogP contribution in [0.3, 0.4) is 0 Å². The van der Waals surface area contributed by atoms with Gasteiger partial charge < -0.3 is 9.64 Å². The van der Waals surface area contributed by atoms with Crippen molar-refractivity contribution in [3.8, 4) is 0 Å². The summed E-state index contributed by atoms with van der Waals surface area (Å²) >= 11 is 0. The number of carbonyl (C=O) groups is 1. The standard InChI is InChI=1S/C20H21N3O4S/c1-23(2)13-16-10-7-14-5-4-6-18(19(14)21-16)22-28(25,26)17-11-8-15(9-12-17)20(24)27-3/h4-12,22H,13H2,1-3H3. The molecule has 0 aliphatic heterocycles. The molecule has 0 unspecified atom stereocenters. The number of sulfonamides is 1. The molecule has 0 radical (unpaired) electrons. The highest BCUT2D eigenvalue weighted by Gasteiger charge is 2.17. The number of hydrogen-bond acceptors (Lipinski definition) is 6. The number of benzene rings is 2. The zero-order valence-electron chi connectivity index (χ0n) is 15.8. The quantitative estimate of drug-likeness (QED) is 0.641. The van der Waals surface area contributed by atoms with Crippen LogP contribution in [0.1, 0.15) is 16.1 Å². The predicted molar refractivity (Wildman–Crippen MR) is 108 cm³/mol. The molecule has 0 saturated heterocycles. The summed E-state index contributed by atoms with van der Waals surface area (Å²) in [6.45, 7) is 0.645. The first-order valence-corrected chi connectivity index (χ1v) is 10.0. The van der Waals surface area contributed by atoms with Gasteiger partial charge in [-0.25, -0.2) is 18.2 Å². The highest BCUT2D eigenvalue weighted by molar-refractivity contribution is 7.92. The van der Waals surface area contributed by atoms with E-state index in [0.29, 0.717) is 17.7 Å². The number of hydrogen-bond donors (Lipinski definition) is 1. The van der Waals surface area contributed by atoms with Crippen molar-refractivity contribution < 1.29 is 17.9 Å². The topological polar surface area (TPSA) is 88.6 Å². The maximum absolute atomic E-state index is 12.8. The van der Waals surface area contributed by atoms with Gasteiger partial charge in [-0.1, -0.05) is 18.2 Å². The molecule has 28 heavy (non-hydrogen) atoms. The average molecular weight is 399 g/mol. The molecule has 0 aliphatic rings. The normalized spacial score (nSPS) is 11.6. The molecule has 0 atom stereocenters. The molecule has 0 aliphatic carbocycles. The number of para-hydroxylation sites is 1. The molecule has 0 bridgehead atoms. The lowest BCUT2D eigenvalue weighted by molar-refractivity contribution is 0.0600. The fraction of sp³-hybridized carbons (Fsp3) is 0.200. The summed E-state index contributed by atoms with van der Waals surface area (Å²) in [6, 6.07) is 14.7. The number of pyridine rings is 1. The number of esters is 1. The Morgan fingerprint density at radius 1 is 1.07 bits per heavy atom. The molecular weight excluding hydrogens is 378 g/mol. The fourth-order valence-electron chi connectivity index (χ4n) is 2.77. The Bertz CT molecular complexity index is 1110. The van der Waals surface area contributed by atoms with E-state index in [1.807, 2.05) is 37.2 Å². The number of anilines is 1. The summed E-state index contributed by atoms with van der Waals surface area (Å²) < 4.78 is 32.8. The van der Waals surface area contributed by atoms with E-state index in [2.05, 4.69) is 14.4 Å². The van der Waals surface area contributed by atoms with Gasteiger partial charge in [-0.05, 0) is 50.5 Å². The average Bonchev–Trinajstić information content (AvgIpc) is 2.67. The molecular formula is C20H21N3O4S. The fourth-order valence-corrected chi connectivity index (χ4v) is 3.84. The molecule has 1 aromatic heterocycles. The summed E-state index contributed by atoms with van der Waals surface area (Å²) in [5, 5.41) is 0.837. The maximum Gasteiger partial charge on any atom is 0.337 e. The van der Waals surface area contributed by atoms with Gasteiger partial charge in [-0.3, -0.25) is 4.72 Å². The van der Waals surface area contributed by atoms with E-state index >= 15 is 0 Å². The zero-order chi connectivity index (χ0) is 20.3. The van der Waals surface area contributed by atoms with Gasteiger partial charge in [-0.2, -0.15) is 0 Å². The van der Waals surface area contributed by atoms with Crippen LogP contribution in [0.2, 0.25) is 0 Å². The Kier molecular flexibility index (Phi) is 5.62. The van der Waals surface area contributed by atoms with E-state index in [4.69, 9.17) is 0 Å². The Labute approximate surface area is 164 Å². The minimum atomic E-state index is -3.84. The van der Waals surface area contributed by atoms with Gasteiger partial charge in [0.1, 0.15) is 0 Å². The van der Waals surface area contributed by atoms with Gasteiger partial charge >= 0.3 is 5.97 Å². The molecule has 3 rings (SSSR count). The molecule has 8 heteroatoms. The molecule has 0 amide bonds. The van der Waals surface area contributed by atoms with Crippen LogP contribution in [0.4, 0.5) is 5.69 Å². The van der Waals surface area contributed by atoms with E-state index in [0.717, 1.165) is 11.1 Å². The van der Waals surface area contributed by atoms with Gasteiger partial charge in [0.05, 0.1) is 34.5 Å². The second-order valence-electron chi connectivity index (χ2n) is 6.54. The van der Waals surface area contributed by atoms with Crippen molar-refractivity contribution in [2.75, 3.05) is 25.9 Å². The van der Waals surface area contributed by atoms with E-state index in [9.17, 15) is 13.2 Å². The second kappa shape index (κ2) is 7.95. The summed E-state index contributed by atoms with van der Waals surface area (Å²) in [5.74, 6) is -0.524. The second-order valence-corrected chi connectivity index (χ2v) is 8.22. The van der Waals surface area contributed by atoms with Crippen LogP contribution in [-0.2, 0) is 21.3 Å². The van der Waals surface area contributed by atoms with E-state index in [1.165, 1.54) is 31.4 Å². The smallest absolute Gasteiger partial charge is 0.337 e. The Morgan fingerprint density at radius 3 is 2.43 bits per heavy atom. The van der Waals surface area contributed by atoms with Crippen LogP contribution in [0.5, 0.6) is 0 Å². The third-order valence-electron chi connectivity index (χ3n) is 4.09. The first-order valence-electron chi connectivity index (χ1n) is 8.55. The van der Waals surface area contributed by atoms with E-state index in [1.54, 1.807) is 12.1 Å². The Morgan fingerprint density at radius 2 is 1.79 bits per heavy atom. The lowest BCUT2D eigenvalue weighted by Crippen LogP contribution is -2.15. The number of carbonyl (C=O) groups excluding carboxylic acids is 1. The van der Waals surface area contributed by atoms with Gasteiger partial charge in [0, 0.05) is 11.9 Å². The number of aromatic nitrogens is 1. The van der Waals surface area contributed by atoms with Crippen molar-refractivity contribution in [1.29, 1.82) is 0 Å². The number of ether oxygens (including phenoxy) is 1. The van der Waals surface area contributed by atoms with Crippen LogP contribution < -0.4 is 4.72 Å². The number of nitrogens with one attached hydrogen (secondary N) is 1. The SMILES string of the molecule is COC(=O)c1ccc(S(=O)(=O)Nc2cccc3ccc(CN(C)C)nc23)cc1. The van der Waals surface area contributed by atoms with E-state index < -0.39 is 16.0 Å². The lowest BCUT2D eigenvalue weighted by Gasteiger charge is -2.13. The van der Waals surface area contributed by atoms with Crippen molar-refractivity contribution >= 4 is 32.6 Å². The monoisotopic (exact) mass is 399 g/mol. The summed E-state index contributed by atoms with van der Waals surface area (Å²) in [7, 11) is 1.31. The van der Waals surface area contributed by atoms with Crippen molar-refractivity contribution in [3.05, 3.63) is 65.9 Å². The van der Waals surface area contributed by atoms with Crippen LogP contribution in [-0.4, -0.2) is 45.5 Å². The molecule has 7 nitrogen and oxygen atoms in total. The molecule has 146 valence electrons. The minimum absolute atomic E-state index is 0.0432. The van der Waals surface area contributed by atoms with Gasteiger partial charge in [-0.15, -0.1) is 0 Å². The first kappa shape index (κ1) is 19.8. The van der Waals surface area contributed by atoms with Gasteiger partial charge in [0.15, 0.2) is 0 Å². The van der Waals surface area contributed by atoms with Crippen LogP contribution >= 0.6 is 0 Å². The molecule has 0 spiro atoms. The summed E-state index contributed by atoms with van der Waals surface area (Å²) in [4.78, 5) is 18.2. The largest absolute Gasteiger partial charge is 0.465 e. The number of nitrogens with zero attached hydrogens (tertiary/aromatic N) is 2. The van der Waals surface area contributed by atoms with Crippen molar-refractivity contribution in [2.24, 2.45) is 0 Å². The molecule has 0 fully saturated rings. The van der Waals surface area contributed by atoms with E-state index in [-0.39, 0.29) is 10.5 Å². The predicted octanol–water partition coefficient (Wildman–Crippen LogP) is 2.88. The third-order valence-corrected chi connectivity index (χ3v) is 5.47. The van der Waals surface area contributed by atoms with Crippen LogP contribution in [0.25, 0.3) is 10.9 Å². The number of fused-ring (bicyclic) bond motifs is 1. The van der Waals surface area contributed by atoms with Crippen molar-refractivity contribution in [3.63, 3.8) is 0 Å². The third kappa shape index (κ3) is 4.29. The molecule has 1 N–H and O–H groups in total. The lowest BCUT2D eigenvalue weighted by atomic mass is 10.2. The summed E-state index contributed by atoms with van der Waals surface area (Å²) in [6.07, 6.45) is 0. The highest BCUT2D eigenvalue weighted by Crippen LogP contribution is 2.25. The molecule has 3 aromatic rings. The van der Waals surface area contributed by atoms with Crippen molar-refractivity contribution in [1.82, 2.24) is 9.88 Å². The van der Waals surface area contributed by atoms with Gasteiger partial charge in [0.25, 0.3) is 10.0 Å². The number of methoxy groups -OCH3 is 1. The summed E-state index contributed by atoms with van der Waals surface area (Å²) in [5.41, 5.74) is 2.10. The highest BCUT2D eigenvalue weighted by atomic mass is 32.2. The van der Waals surface area contributed by atoms with Gasteiger partial charge in [0.2, 0.25) is 0 Å². The molecule has 0 saturated carbocycles. The Hall–Kier alpha value is -2.97. The van der Waals surface area contributed by atoms with Crippen LogP contribution in [0.15, 0.2) is 59.5 Å². The van der Waals surface area contributed by atoms with Crippen LogP contribution in [0, 0.1) is 0 Å². The first-order chi connectivity index (χ1) is 13.3. The molecule has 2 aromatic carbocycles. The Balaban J connectivity index is 1.95.